The molecule has 4 rings (SSSR count). The van der Waals surface area contributed by atoms with E-state index in [-0.39, 0.29) is 11.6 Å². The van der Waals surface area contributed by atoms with Crippen LogP contribution in [0.1, 0.15) is 25.0 Å². The van der Waals surface area contributed by atoms with Gasteiger partial charge in [0.2, 0.25) is 0 Å². The third kappa shape index (κ3) is 2.66. The minimum Gasteiger partial charge on any atom is -0.507 e. The molecule has 0 spiro atoms. The number of halogens is 1. The average molecular weight is 346 g/mol. The predicted octanol–water partition coefficient (Wildman–Crippen LogP) is 6.27. The molecule has 0 unspecified atom stereocenters. The molecule has 0 aliphatic carbocycles. The number of rotatable bonds is 3. The summed E-state index contributed by atoms with van der Waals surface area (Å²) in [5, 5.41) is 11.4. The Morgan fingerprint density at radius 2 is 1.65 bits per heavy atom. The zero-order valence-electron chi connectivity index (χ0n) is 14.7. The maximum absolute atomic E-state index is 13.7. The van der Waals surface area contributed by atoms with Gasteiger partial charge in [-0.2, -0.15) is 0 Å². The fourth-order valence-corrected chi connectivity index (χ4v) is 3.38. The lowest BCUT2D eigenvalue weighted by Gasteiger charge is -2.26. The molecule has 0 bridgehead atoms. The van der Waals surface area contributed by atoms with Crippen LogP contribution in [0.4, 0.5) is 4.39 Å². The van der Waals surface area contributed by atoms with E-state index in [0.717, 1.165) is 22.3 Å². The highest BCUT2D eigenvalue weighted by Crippen LogP contribution is 2.41. The number of furan rings is 1. The summed E-state index contributed by atoms with van der Waals surface area (Å²) in [6, 6.07) is 20.0. The SMILES string of the molecule is CC(C)(c1cccc(F)c1)c1cc(O)c2c(-c3ccccc3)coc2c1. The van der Waals surface area contributed by atoms with Crippen LogP contribution >= 0.6 is 0 Å². The van der Waals surface area contributed by atoms with Gasteiger partial charge >= 0.3 is 0 Å². The summed E-state index contributed by atoms with van der Waals surface area (Å²) in [5.41, 5.74) is 3.68. The van der Waals surface area contributed by atoms with E-state index < -0.39 is 5.41 Å². The summed E-state index contributed by atoms with van der Waals surface area (Å²) in [4.78, 5) is 0. The first kappa shape index (κ1) is 16.4. The number of fused-ring (bicyclic) bond motifs is 1. The molecule has 1 N–H and O–H groups in total. The number of hydrogen-bond acceptors (Lipinski definition) is 2. The third-order valence-electron chi connectivity index (χ3n) is 5.01. The van der Waals surface area contributed by atoms with Crippen LogP contribution in [0, 0.1) is 5.82 Å². The van der Waals surface area contributed by atoms with Gasteiger partial charge in [0.25, 0.3) is 0 Å². The Morgan fingerprint density at radius 3 is 2.38 bits per heavy atom. The smallest absolute Gasteiger partial charge is 0.138 e. The fourth-order valence-electron chi connectivity index (χ4n) is 3.38. The second-order valence-corrected chi connectivity index (χ2v) is 7.02. The van der Waals surface area contributed by atoms with Crippen molar-refractivity contribution < 1.29 is 13.9 Å². The van der Waals surface area contributed by atoms with E-state index in [2.05, 4.69) is 0 Å². The largest absolute Gasteiger partial charge is 0.507 e. The summed E-state index contributed by atoms with van der Waals surface area (Å²) in [7, 11) is 0. The maximum atomic E-state index is 13.7. The van der Waals surface area contributed by atoms with Gasteiger partial charge in [0.15, 0.2) is 0 Å². The second-order valence-electron chi connectivity index (χ2n) is 7.02. The highest BCUT2D eigenvalue weighted by Gasteiger charge is 2.26. The van der Waals surface area contributed by atoms with Crippen molar-refractivity contribution in [3.63, 3.8) is 0 Å². The number of phenolic OH excluding ortho intramolecular Hbond substituents is 1. The van der Waals surface area contributed by atoms with Crippen molar-refractivity contribution in [3.8, 4) is 16.9 Å². The lowest BCUT2D eigenvalue weighted by molar-refractivity contribution is 0.478. The number of hydrogen-bond donors (Lipinski definition) is 1. The van der Waals surface area contributed by atoms with E-state index in [1.807, 2.05) is 56.3 Å². The lowest BCUT2D eigenvalue weighted by Crippen LogP contribution is -2.19. The topological polar surface area (TPSA) is 33.4 Å². The van der Waals surface area contributed by atoms with Crippen molar-refractivity contribution in [2.24, 2.45) is 0 Å². The van der Waals surface area contributed by atoms with Crippen molar-refractivity contribution in [3.05, 3.63) is 89.9 Å². The van der Waals surface area contributed by atoms with Gasteiger partial charge in [0.05, 0.1) is 11.6 Å². The number of aromatic hydroxyl groups is 1. The Kier molecular flexibility index (Phi) is 3.80. The van der Waals surface area contributed by atoms with E-state index >= 15 is 0 Å². The van der Waals surface area contributed by atoms with E-state index in [1.165, 1.54) is 12.1 Å². The van der Waals surface area contributed by atoms with Crippen LogP contribution < -0.4 is 0 Å². The summed E-state index contributed by atoms with van der Waals surface area (Å²) >= 11 is 0. The first-order valence-electron chi connectivity index (χ1n) is 8.53. The molecule has 0 aliphatic heterocycles. The average Bonchev–Trinajstić information content (AvgIpc) is 3.07. The minimum absolute atomic E-state index is 0.162. The second kappa shape index (κ2) is 6.03. The molecule has 1 aromatic heterocycles. The minimum atomic E-state index is -0.479. The maximum Gasteiger partial charge on any atom is 0.138 e. The molecule has 0 radical (unpaired) electrons. The summed E-state index contributed by atoms with van der Waals surface area (Å²) in [5.74, 6) is -0.111. The monoisotopic (exact) mass is 346 g/mol. The fraction of sp³-hybridized carbons (Fsp3) is 0.130. The summed E-state index contributed by atoms with van der Waals surface area (Å²) in [6.45, 7) is 4.01. The molecular formula is C23H19FO2. The molecule has 0 saturated heterocycles. The van der Waals surface area contributed by atoms with Gasteiger partial charge in [0, 0.05) is 11.0 Å². The normalized spacial score (nSPS) is 11.8. The van der Waals surface area contributed by atoms with E-state index in [9.17, 15) is 9.50 Å². The molecule has 0 amide bonds. The Morgan fingerprint density at radius 1 is 0.885 bits per heavy atom. The van der Waals surface area contributed by atoms with Crippen LogP contribution in [-0.4, -0.2) is 5.11 Å². The van der Waals surface area contributed by atoms with Gasteiger partial charge < -0.3 is 9.52 Å². The van der Waals surface area contributed by atoms with Crippen molar-refractivity contribution in [1.82, 2.24) is 0 Å². The van der Waals surface area contributed by atoms with Crippen molar-refractivity contribution in [2.45, 2.75) is 19.3 Å². The molecule has 0 saturated carbocycles. The van der Waals surface area contributed by atoms with Crippen LogP contribution in [0.5, 0.6) is 5.75 Å². The molecule has 3 aromatic carbocycles. The van der Waals surface area contributed by atoms with Crippen LogP contribution in [0.25, 0.3) is 22.1 Å². The molecule has 0 fully saturated rings. The first-order valence-corrected chi connectivity index (χ1v) is 8.53. The lowest BCUT2D eigenvalue weighted by atomic mass is 9.77. The molecule has 130 valence electrons. The molecule has 26 heavy (non-hydrogen) atoms. The van der Waals surface area contributed by atoms with Crippen molar-refractivity contribution in [2.75, 3.05) is 0 Å². The molecule has 4 aromatic rings. The Labute approximate surface area is 151 Å². The zero-order chi connectivity index (χ0) is 18.3. The van der Waals surface area contributed by atoms with Crippen molar-refractivity contribution >= 4 is 11.0 Å². The number of benzene rings is 3. The highest BCUT2D eigenvalue weighted by molar-refractivity contribution is 5.98. The summed E-state index contributed by atoms with van der Waals surface area (Å²) < 4.78 is 19.4. The molecule has 3 heteroatoms. The third-order valence-corrected chi connectivity index (χ3v) is 5.01. The van der Waals surface area contributed by atoms with Crippen LogP contribution in [0.15, 0.2) is 77.4 Å². The molecule has 0 aliphatic rings. The Balaban J connectivity index is 1.86. The molecule has 1 heterocycles. The molecular weight excluding hydrogens is 327 g/mol. The van der Waals surface area contributed by atoms with Gasteiger partial charge in [-0.25, -0.2) is 4.39 Å². The number of phenols is 1. The van der Waals surface area contributed by atoms with Gasteiger partial charge in [-0.05, 0) is 41.0 Å². The Bertz CT molecular complexity index is 1080. The zero-order valence-corrected chi connectivity index (χ0v) is 14.7. The van der Waals surface area contributed by atoms with Gasteiger partial charge in [-0.15, -0.1) is 0 Å². The predicted molar refractivity (Wildman–Crippen MR) is 102 cm³/mol. The van der Waals surface area contributed by atoms with Crippen LogP contribution in [0.2, 0.25) is 0 Å². The van der Waals surface area contributed by atoms with Gasteiger partial charge in [-0.1, -0.05) is 56.3 Å². The van der Waals surface area contributed by atoms with E-state index in [4.69, 9.17) is 4.42 Å². The first-order chi connectivity index (χ1) is 12.5. The van der Waals surface area contributed by atoms with Gasteiger partial charge in [0.1, 0.15) is 17.1 Å². The van der Waals surface area contributed by atoms with Crippen molar-refractivity contribution in [1.29, 1.82) is 0 Å². The van der Waals surface area contributed by atoms with Crippen LogP contribution in [0.3, 0.4) is 0 Å². The molecule has 2 nitrogen and oxygen atoms in total. The molecule has 0 atom stereocenters. The summed E-state index contributed by atoms with van der Waals surface area (Å²) in [6.07, 6.45) is 1.67. The Hall–Kier alpha value is -3.07. The van der Waals surface area contributed by atoms with Gasteiger partial charge in [-0.3, -0.25) is 0 Å². The highest BCUT2D eigenvalue weighted by atomic mass is 19.1. The standard InChI is InChI=1S/C23H19FO2/c1-23(2,16-9-6-10-18(24)11-16)17-12-20(25)22-19(14-26-21(22)13-17)15-7-4-3-5-8-15/h3-14,25H,1-2H3. The van der Waals surface area contributed by atoms with E-state index in [0.29, 0.717) is 11.0 Å². The van der Waals surface area contributed by atoms with Crippen LogP contribution in [-0.2, 0) is 5.41 Å². The van der Waals surface area contributed by atoms with E-state index in [1.54, 1.807) is 18.4 Å². The quantitative estimate of drug-likeness (QED) is 0.474.